The first kappa shape index (κ1) is 12.9. The molecule has 0 aromatic heterocycles. The maximum Gasteiger partial charge on any atom is 0.0509 e. The van der Waals surface area contributed by atoms with Crippen molar-refractivity contribution in [3.63, 3.8) is 0 Å². The van der Waals surface area contributed by atoms with E-state index < -0.39 is 0 Å². The zero-order valence-electron chi connectivity index (χ0n) is 11.7. The van der Waals surface area contributed by atoms with Gasteiger partial charge in [0.1, 0.15) is 0 Å². The molecule has 1 heterocycles. The molecule has 2 aliphatic rings. The number of ether oxygens (including phenoxy) is 1. The summed E-state index contributed by atoms with van der Waals surface area (Å²) in [4.78, 5) is 0. The van der Waals surface area contributed by atoms with E-state index in [0.717, 1.165) is 25.4 Å². The van der Waals surface area contributed by atoms with Crippen LogP contribution in [0, 0.1) is 5.92 Å². The highest BCUT2D eigenvalue weighted by Gasteiger charge is 2.44. The van der Waals surface area contributed by atoms with Crippen LogP contribution in [0.3, 0.4) is 0 Å². The van der Waals surface area contributed by atoms with Gasteiger partial charge in [0.2, 0.25) is 0 Å². The molecule has 0 spiro atoms. The molecule has 3 rings (SSSR count). The Morgan fingerprint density at radius 1 is 1.37 bits per heavy atom. The maximum atomic E-state index is 5.77. The summed E-state index contributed by atoms with van der Waals surface area (Å²) in [5.41, 5.74) is 8.41. The van der Waals surface area contributed by atoms with Crippen molar-refractivity contribution < 1.29 is 4.74 Å². The van der Waals surface area contributed by atoms with E-state index in [1.807, 2.05) is 12.1 Å². The molecule has 2 unspecified atom stereocenters. The molecule has 104 valence electrons. The van der Waals surface area contributed by atoms with E-state index in [1.165, 1.54) is 24.8 Å². The van der Waals surface area contributed by atoms with Gasteiger partial charge in [-0.2, -0.15) is 0 Å². The van der Waals surface area contributed by atoms with Gasteiger partial charge in [0.15, 0.2) is 0 Å². The SMILES string of the molecule is CC(NCC1(c2ccc(N)cc2)CC1)C1CCOC1. The summed E-state index contributed by atoms with van der Waals surface area (Å²) < 4.78 is 5.47. The zero-order valence-corrected chi connectivity index (χ0v) is 11.7. The number of nitrogens with two attached hydrogens (primary N) is 1. The van der Waals surface area contributed by atoms with Crippen molar-refractivity contribution in [1.29, 1.82) is 0 Å². The molecule has 3 nitrogen and oxygen atoms in total. The van der Waals surface area contributed by atoms with Gasteiger partial charge in [-0.15, -0.1) is 0 Å². The first-order valence-corrected chi connectivity index (χ1v) is 7.37. The molecule has 0 bridgehead atoms. The molecule has 2 atom stereocenters. The minimum absolute atomic E-state index is 0.363. The summed E-state index contributed by atoms with van der Waals surface area (Å²) in [6.45, 7) is 5.22. The summed E-state index contributed by atoms with van der Waals surface area (Å²) in [7, 11) is 0. The van der Waals surface area contributed by atoms with Gasteiger partial charge in [0, 0.05) is 30.3 Å². The standard InChI is InChI=1S/C16H24N2O/c1-12(13-6-9-19-10-13)18-11-16(7-8-16)14-2-4-15(17)5-3-14/h2-5,12-13,18H,6-11,17H2,1H3. The second-order valence-corrected chi connectivity index (χ2v) is 6.20. The smallest absolute Gasteiger partial charge is 0.0509 e. The van der Waals surface area contributed by atoms with Crippen LogP contribution in [0.2, 0.25) is 0 Å². The number of nitrogens with one attached hydrogen (secondary N) is 1. The quantitative estimate of drug-likeness (QED) is 0.799. The minimum atomic E-state index is 0.363. The van der Waals surface area contributed by atoms with E-state index in [9.17, 15) is 0 Å². The summed E-state index contributed by atoms with van der Waals surface area (Å²) in [5, 5.41) is 3.73. The van der Waals surface area contributed by atoms with Gasteiger partial charge in [-0.25, -0.2) is 0 Å². The molecule has 0 radical (unpaired) electrons. The van der Waals surface area contributed by atoms with Gasteiger partial charge < -0.3 is 15.8 Å². The molecule has 1 aliphatic heterocycles. The van der Waals surface area contributed by atoms with Gasteiger partial charge in [-0.1, -0.05) is 12.1 Å². The fourth-order valence-electron chi connectivity index (χ4n) is 3.03. The topological polar surface area (TPSA) is 47.3 Å². The third-order valence-corrected chi connectivity index (χ3v) is 4.81. The lowest BCUT2D eigenvalue weighted by molar-refractivity contribution is 0.178. The van der Waals surface area contributed by atoms with Gasteiger partial charge in [0.25, 0.3) is 0 Å². The van der Waals surface area contributed by atoms with Crippen molar-refractivity contribution in [2.75, 3.05) is 25.5 Å². The molecule has 3 N–H and O–H groups in total. The Morgan fingerprint density at radius 3 is 2.68 bits per heavy atom. The molecule has 1 aromatic rings. The van der Waals surface area contributed by atoms with E-state index in [-0.39, 0.29) is 0 Å². The van der Waals surface area contributed by atoms with Crippen LogP contribution < -0.4 is 11.1 Å². The van der Waals surface area contributed by atoms with E-state index in [4.69, 9.17) is 10.5 Å². The lowest BCUT2D eigenvalue weighted by Crippen LogP contribution is -2.38. The van der Waals surface area contributed by atoms with Crippen LogP contribution >= 0.6 is 0 Å². The number of nitrogen functional groups attached to an aromatic ring is 1. The van der Waals surface area contributed by atoms with E-state index in [0.29, 0.717) is 17.4 Å². The van der Waals surface area contributed by atoms with Crippen molar-refractivity contribution in [2.45, 2.75) is 37.6 Å². The van der Waals surface area contributed by atoms with Gasteiger partial charge in [0.05, 0.1) is 6.61 Å². The Balaban J connectivity index is 1.58. The van der Waals surface area contributed by atoms with Crippen LogP contribution in [0.4, 0.5) is 5.69 Å². The second-order valence-electron chi connectivity index (χ2n) is 6.20. The molecule has 2 fully saturated rings. The second kappa shape index (κ2) is 5.14. The highest BCUT2D eigenvalue weighted by atomic mass is 16.5. The Labute approximate surface area is 115 Å². The van der Waals surface area contributed by atoms with Crippen molar-refractivity contribution in [2.24, 2.45) is 5.92 Å². The monoisotopic (exact) mass is 260 g/mol. The molecule has 1 saturated heterocycles. The Kier molecular flexibility index (Phi) is 3.50. The highest BCUT2D eigenvalue weighted by Crippen LogP contribution is 2.47. The van der Waals surface area contributed by atoms with Gasteiger partial charge in [-0.05, 0) is 49.8 Å². The first-order valence-electron chi connectivity index (χ1n) is 7.37. The largest absolute Gasteiger partial charge is 0.399 e. The average Bonchev–Trinajstić information content (AvgIpc) is 3.01. The van der Waals surface area contributed by atoms with Gasteiger partial charge in [-0.3, -0.25) is 0 Å². The lowest BCUT2D eigenvalue weighted by atomic mass is 9.94. The van der Waals surface area contributed by atoms with Crippen molar-refractivity contribution >= 4 is 5.69 Å². The van der Waals surface area contributed by atoms with Crippen LogP contribution in [0.25, 0.3) is 0 Å². The third-order valence-electron chi connectivity index (χ3n) is 4.81. The zero-order chi connectivity index (χ0) is 13.3. The lowest BCUT2D eigenvalue weighted by Gasteiger charge is -2.24. The fraction of sp³-hybridized carbons (Fsp3) is 0.625. The van der Waals surface area contributed by atoms with E-state index in [1.54, 1.807) is 0 Å². The van der Waals surface area contributed by atoms with Crippen molar-refractivity contribution in [1.82, 2.24) is 5.32 Å². The molecule has 0 amide bonds. The van der Waals surface area contributed by atoms with Crippen LogP contribution in [0.5, 0.6) is 0 Å². The Morgan fingerprint density at radius 2 is 2.11 bits per heavy atom. The molecule has 1 aliphatic carbocycles. The fourth-order valence-corrected chi connectivity index (χ4v) is 3.03. The molecule has 1 saturated carbocycles. The molecular formula is C16H24N2O. The summed E-state index contributed by atoms with van der Waals surface area (Å²) >= 11 is 0. The Bertz CT molecular complexity index is 419. The third kappa shape index (κ3) is 2.77. The average molecular weight is 260 g/mol. The molecular weight excluding hydrogens is 236 g/mol. The number of hydrogen-bond donors (Lipinski definition) is 2. The van der Waals surface area contributed by atoms with E-state index in [2.05, 4.69) is 24.4 Å². The maximum absolute atomic E-state index is 5.77. The first-order chi connectivity index (χ1) is 9.20. The number of hydrogen-bond acceptors (Lipinski definition) is 3. The number of benzene rings is 1. The predicted octanol–water partition coefficient (Wildman–Crippen LogP) is 2.32. The summed E-state index contributed by atoms with van der Waals surface area (Å²) in [6.07, 6.45) is 3.78. The number of anilines is 1. The summed E-state index contributed by atoms with van der Waals surface area (Å²) in [5.74, 6) is 0.683. The van der Waals surface area contributed by atoms with Crippen LogP contribution in [0.15, 0.2) is 24.3 Å². The van der Waals surface area contributed by atoms with Crippen LogP contribution in [-0.4, -0.2) is 25.8 Å². The number of rotatable bonds is 5. The van der Waals surface area contributed by atoms with Crippen LogP contribution in [-0.2, 0) is 10.2 Å². The minimum Gasteiger partial charge on any atom is -0.399 e. The van der Waals surface area contributed by atoms with Crippen LogP contribution in [0.1, 0.15) is 31.7 Å². The normalized spacial score (nSPS) is 26.3. The molecule has 19 heavy (non-hydrogen) atoms. The van der Waals surface area contributed by atoms with Crippen molar-refractivity contribution in [3.05, 3.63) is 29.8 Å². The van der Waals surface area contributed by atoms with Crippen molar-refractivity contribution in [3.8, 4) is 0 Å². The highest BCUT2D eigenvalue weighted by molar-refractivity contribution is 5.43. The van der Waals surface area contributed by atoms with Gasteiger partial charge >= 0.3 is 0 Å². The Hall–Kier alpha value is -1.06. The molecule has 3 heteroatoms. The summed E-state index contributed by atoms with van der Waals surface area (Å²) in [6, 6.07) is 8.96. The molecule has 1 aromatic carbocycles. The van der Waals surface area contributed by atoms with E-state index >= 15 is 0 Å². The predicted molar refractivity (Wildman–Crippen MR) is 78.2 cm³/mol.